The second kappa shape index (κ2) is 27.1. The number of hydrazine groups is 1. The molecule has 17 heteroatoms. The number of benzene rings is 2. The molecule has 64 heavy (non-hydrogen) atoms. The number of likely N-dealkylation sites (N-methyl/N-ethyl adjacent to an activating group) is 2. The van der Waals surface area contributed by atoms with Crippen LogP contribution in [0, 0.1) is 17.8 Å². The van der Waals surface area contributed by atoms with Gasteiger partial charge in [0.25, 0.3) is 5.91 Å². The van der Waals surface area contributed by atoms with Crippen LogP contribution in [0.25, 0.3) is 0 Å². The van der Waals surface area contributed by atoms with Gasteiger partial charge in [-0.25, -0.2) is 14.6 Å². The number of rotatable bonds is 24. The molecule has 2 aliphatic heterocycles. The van der Waals surface area contributed by atoms with E-state index < -0.39 is 36.0 Å². The SMILES string of the molecule is CC(C)COc1ccc(CN(CCC(O)C(NC(=O)C(NC(=O)N(C)CCN2CCOCC2)C(C)C)c2ccccc2)NC(=O)C(NC(=O)N(C)CCN2CCOCC2)C(C)C)cc1. The number of aliphatic hydroxyl groups is 1. The van der Waals surface area contributed by atoms with Gasteiger partial charge in [-0.05, 0) is 47.4 Å². The van der Waals surface area contributed by atoms with Crippen LogP contribution in [-0.4, -0.2) is 178 Å². The normalized spacial score (nSPS) is 16.8. The van der Waals surface area contributed by atoms with Crippen molar-refractivity contribution < 1.29 is 38.5 Å². The quantitative estimate of drug-likeness (QED) is 0.0978. The lowest BCUT2D eigenvalue weighted by Crippen LogP contribution is -2.57. The van der Waals surface area contributed by atoms with Crippen LogP contribution >= 0.6 is 0 Å². The lowest BCUT2D eigenvalue weighted by Gasteiger charge is -2.32. The molecule has 0 aromatic heterocycles. The summed E-state index contributed by atoms with van der Waals surface area (Å²) < 4.78 is 16.8. The topological polar surface area (TPSA) is 181 Å². The van der Waals surface area contributed by atoms with E-state index in [1.807, 2.05) is 82.3 Å². The van der Waals surface area contributed by atoms with E-state index in [4.69, 9.17) is 14.2 Å². The Morgan fingerprint density at radius 1 is 0.688 bits per heavy atom. The number of nitrogens with zero attached hydrogens (tertiary/aromatic N) is 5. The number of aliphatic hydroxyl groups excluding tert-OH is 1. The van der Waals surface area contributed by atoms with Crippen LogP contribution in [0.1, 0.15) is 65.1 Å². The van der Waals surface area contributed by atoms with Crippen LogP contribution < -0.4 is 26.1 Å². The van der Waals surface area contributed by atoms with E-state index in [0.717, 1.165) is 37.5 Å². The standard InChI is InChI=1S/C47H77N9O8/c1-34(2)33-64-39-16-14-37(15-17-39)32-56(51-45(59)42(36(5)6)50-47(61)53(8)21-23-55-26-30-63-31-27-55)19-18-40(57)43(38-12-10-9-11-13-38)48-44(58)41(35(3)4)49-46(60)52(7)20-22-54-24-28-62-29-25-54/h9-17,34-36,40-43,57H,18-33H2,1-8H3,(H,48,58)(H,49,60)(H,50,61)(H,51,59). The van der Waals surface area contributed by atoms with Crippen molar-refractivity contribution in [2.24, 2.45) is 17.8 Å². The molecule has 2 aliphatic rings. The van der Waals surface area contributed by atoms with Crippen molar-refractivity contribution in [3.63, 3.8) is 0 Å². The zero-order valence-electron chi connectivity index (χ0n) is 39.6. The molecule has 2 heterocycles. The summed E-state index contributed by atoms with van der Waals surface area (Å²) in [5.41, 5.74) is 4.62. The first-order chi connectivity index (χ1) is 30.6. The van der Waals surface area contributed by atoms with Gasteiger partial charge in [0.15, 0.2) is 0 Å². The molecule has 6 amide bonds. The summed E-state index contributed by atoms with van der Waals surface area (Å²) in [4.78, 5) is 62.6. The average Bonchev–Trinajstić information content (AvgIpc) is 3.29. The van der Waals surface area contributed by atoms with Crippen molar-refractivity contribution in [3.05, 3.63) is 65.7 Å². The van der Waals surface area contributed by atoms with Gasteiger partial charge in [-0.2, -0.15) is 0 Å². The first kappa shape index (κ1) is 52.1. The lowest BCUT2D eigenvalue weighted by atomic mass is 9.97. The molecule has 0 saturated carbocycles. The molecule has 17 nitrogen and oxygen atoms in total. The summed E-state index contributed by atoms with van der Waals surface area (Å²) in [7, 11) is 3.43. The summed E-state index contributed by atoms with van der Waals surface area (Å²) in [5, 5.41) is 22.6. The van der Waals surface area contributed by atoms with Gasteiger partial charge < -0.3 is 45.1 Å². The third-order valence-electron chi connectivity index (χ3n) is 11.5. The van der Waals surface area contributed by atoms with E-state index in [1.54, 1.807) is 28.9 Å². The maximum Gasteiger partial charge on any atom is 0.317 e. The number of ether oxygens (including phenoxy) is 3. The second-order valence-corrected chi connectivity index (χ2v) is 18.1. The Labute approximate surface area is 381 Å². The van der Waals surface area contributed by atoms with Crippen LogP contribution in [0.5, 0.6) is 5.75 Å². The molecule has 5 N–H and O–H groups in total. The van der Waals surface area contributed by atoms with Crippen LogP contribution in [0.2, 0.25) is 0 Å². The maximum absolute atomic E-state index is 14.1. The maximum atomic E-state index is 14.1. The van der Waals surface area contributed by atoms with Crippen molar-refractivity contribution in [3.8, 4) is 5.75 Å². The molecule has 4 unspecified atom stereocenters. The van der Waals surface area contributed by atoms with Gasteiger partial charge in [-0.1, -0.05) is 84.0 Å². The van der Waals surface area contributed by atoms with Gasteiger partial charge in [-0.15, -0.1) is 0 Å². The van der Waals surface area contributed by atoms with Crippen molar-refractivity contribution in [1.82, 2.24) is 46.0 Å². The molecule has 4 rings (SSSR count). The summed E-state index contributed by atoms with van der Waals surface area (Å²) in [6.45, 7) is 21.0. The number of hydrogen-bond acceptors (Lipinski definition) is 11. The van der Waals surface area contributed by atoms with Gasteiger partial charge in [-0.3, -0.25) is 24.8 Å². The lowest BCUT2D eigenvalue weighted by molar-refractivity contribution is -0.129. The number of morpholine rings is 2. The van der Waals surface area contributed by atoms with E-state index in [2.05, 4.69) is 45.0 Å². The molecule has 0 radical (unpaired) electrons. The monoisotopic (exact) mass is 896 g/mol. The molecule has 0 bridgehead atoms. The number of carbonyl (C=O) groups excluding carboxylic acids is 4. The molecular weight excluding hydrogens is 819 g/mol. The van der Waals surface area contributed by atoms with Crippen molar-refractivity contribution >= 4 is 23.9 Å². The third kappa shape index (κ3) is 17.8. The Balaban J connectivity index is 1.47. The fraction of sp³-hybridized carbons (Fsp3) is 0.660. The predicted molar refractivity (Wildman–Crippen MR) is 247 cm³/mol. The smallest absolute Gasteiger partial charge is 0.317 e. The minimum Gasteiger partial charge on any atom is -0.493 e. The average molecular weight is 896 g/mol. The van der Waals surface area contributed by atoms with Gasteiger partial charge in [0.1, 0.15) is 17.8 Å². The number of nitrogens with one attached hydrogen (secondary N) is 4. The third-order valence-corrected chi connectivity index (χ3v) is 11.5. The fourth-order valence-electron chi connectivity index (χ4n) is 7.33. The van der Waals surface area contributed by atoms with E-state index in [1.165, 1.54) is 0 Å². The van der Waals surface area contributed by atoms with Crippen molar-refractivity contribution in [2.75, 3.05) is 106 Å². The molecule has 2 saturated heterocycles. The minimum atomic E-state index is -1.10. The summed E-state index contributed by atoms with van der Waals surface area (Å²) in [5.74, 6) is -0.202. The molecule has 0 aliphatic carbocycles. The van der Waals surface area contributed by atoms with E-state index in [9.17, 15) is 24.3 Å². The number of carbonyl (C=O) groups is 4. The highest BCUT2D eigenvalue weighted by molar-refractivity contribution is 5.88. The Morgan fingerprint density at radius 2 is 1.19 bits per heavy atom. The second-order valence-electron chi connectivity index (χ2n) is 18.1. The zero-order valence-corrected chi connectivity index (χ0v) is 39.6. The molecule has 4 atom stereocenters. The molecule has 2 aromatic carbocycles. The summed E-state index contributed by atoms with van der Waals surface area (Å²) in [6.07, 6.45) is -0.959. The highest BCUT2D eigenvalue weighted by Crippen LogP contribution is 2.22. The highest BCUT2D eigenvalue weighted by atomic mass is 16.5. The Bertz CT molecular complexity index is 1690. The van der Waals surface area contributed by atoms with Crippen LogP contribution in [0.4, 0.5) is 9.59 Å². The van der Waals surface area contributed by atoms with Gasteiger partial charge >= 0.3 is 12.1 Å². The summed E-state index contributed by atoms with van der Waals surface area (Å²) >= 11 is 0. The molecule has 2 aromatic rings. The minimum absolute atomic E-state index is 0.141. The van der Waals surface area contributed by atoms with Gasteiger partial charge in [0.2, 0.25) is 5.91 Å². The fourth-order valence-corrected chi connectivity index (χ4v) is 7.33. The first-order valence-electron chi connectivity index (χ1n) is 23.0. The van der Waals surface area contributed by atoms with Crippen molar-refractivity contribution in [2.45, 2.75) is 78.7 Å². The van der Waals surface area contributed by atoms with Crippen LogP contribution in [0.15, 0.2) is 54.6 Å². The van der Waals surface area contributed by atoms with Gasteiger partial charge in [0.05, 0.1) is 45.2 Å². The number of amides is 6. The van der Waals surface area contributed by atoms with Crippen LogP contribution in [-0.2, 0) is 25.6 Å². The van der Waals surface area contributed by atoms with E-state index in [-0.39, 0.29) is 43.4 Å². The van der Waals surface area contributed by atoms with Crippen molar-refractivity contribution in [1.29, 1.82) is 0 Å². The summed E-state index contributed by atoms with van der Waals surface area (Å²) in [6, 6.07) is 13.6. The van der Waals surface area contributed by atoms with Gasteiger partial charge in [0, 0.05) is 79.5 Å². The largest absolute Gasteiger partial charge is 0.493 e. The Kier molecular flexibility index (Phi) is 22.0. The molecule has 2 fully saturated rings. The van der Waals surface area contributed by atoms with E-state index >= 15 is 0 Å². The Morgan fingerprint density at radius 3 is 1.67 bits per heavy atom. The van der Waals surface area contributed by atoms with Crippen LogP contribution in [0.3, 0.4) is 0 Å². The molecular formula is C47H77N9O8. The predicted octanol–water partition coefficient (Wildman–Crippen LogP) is 3.16. The number of hydrogen-bond donors (Lipinski definition) is 5. The first-order valence-corrected chi connectivity index (χ1v) is 23.0. The van der Waals surface area contributed by atoms with E-state index in [0.29, 0.717) is 70.7 Å². The number of urea groups is 2. The molecule has 0 spiro atoms. The highest BCUT2D eigenvalue weighted by Gasteiger charge is 2.32. The zero-order chi connectivity index (χ0) is 46.6. The Hall–Kier alpha value is -4.52. The molecule has 358 valence electrons.